The van der Waals surface area contributed by atoms with Crippen LogP contribution in [0.3, 0.4) is 0 Å². The Morgan fingerprint density at radius 1 is 0.732 bits per heavy atom. The summed E-state index contributed by atoms with van der Waals surface area (Å²) in [5.41, 5.74) is 4.14. The van der Waals surface area contributed by atoms with Crippen molar-refractivity contribution >= 4 is 49.6 Å². The summed E-state index contributed by atoms with van der Waals surface area (Å²) in [6.07, 6.45) is 7.87. The Hall–Kier alpha value is -3.01. The first-order valence-corrected chi connectivity index (χ1v) is 12.7. The molecule has 6 nitrogen and oxygen atoms in total. The first kappa shape index (κ1) is 34.2. The zero-order chi connectivity index (χ0) is 25.0. The van der Waals surface area contributed by atoms with Crippen LogP contribution >= 0.6 is 49.6 Å². The number of benzene rings is 2. The lowest BCUT2D eigenvalue weighted by Gasteiger charge is -2.10. The summed E-state index contributed by atoms with van der Waals surface area (Å²) < 4.78 is 15.5. The summed E-state index contributed by atoms with van der Waals surface area (Å²) in [5.74, 6) is 13.0. The lowest BCUT2D eigenvalue weighted by Crippen LogP contribution is -2.14. The topological polar surface area (TPSA) is 81.4 Å². The maximum Gasteiger partial charge on any atom is 0.140 e. The van der Waals surface area contributed by atoms with Crippen molar-refractivity contribution in [3.05, 3.63) is 83.6 Å². The van der Waals surface area contributed by atoms with Gasteiger partial charge in [0.1, 0.15) is 23.2 Å². The summed E-state index contributed by atoms with van der Waals surface area (Å²) in [7, 11) is 0. The van der Waals surface area contributed by atoms with Crippen LogP contribution in [0.15, 0.2) is 54.9 Å². The van der Waals surface area contributed by atoms with E-state index in [0.717, 1.165) is 72.8 Å². The quantitative estimate of drug-likeness (QED) is 0.192. The first-order valence-electron chi connectivity index (χ1n) is 12.7. The number of H-pyrrole nitrogens is 2. The molecule has 0 aliphatic carbocycles. The third-order valence-electron chi connectivity index (χ3n) is 6.90. The number of aromatic amines is 2. The van der Waals surface area contributed by atoms with Gasteiger partial charge < -0.3 is 20.6 Å². The summed E-state index contributed by atoms with van der Waals surface area (Å²) in [5, 5.41) is 6.86. The Labute approximate surface area is 264 Å². The maximum atomic E-state index is 15.5. The predicted molar refractivity (Wildman–Crippen MR) is 171 cm³/mol. The molecule has 4 N–H and O–H groups in total. The molecule has 11 heteroatoms. The van der Waals surface area contributed by atoms with Gasteiger partial charge in [-0.1, -0.05) is 30.3 Å². The van der Waals surface area contributed by atoms with Gasteiger partial charge in [0.25, 0.3) is 0 Å². The van der Waals surface area contributed by atoms with Crippen LogP contribution in [0.2, 0.25) is 0 Å². The Bertz CT molecular complexity index is 1540. The maximum absolute atomic E-state index is 15.5. The first-order chi connectivity index (χ1) is 18.2. The molecule has 216 valence electrons. The van der Waals surface area contributed by atoms with Gasteiger partial charge in [-0.25, -0.2) is 14.4 Å². The fourth-order valence-electron chi connectivity index (χ4n) is 5.00. The minimum Gasteiger partial charge on any atom is -0.341 e. The molecule has 2 aliphatic heterocycles. The highest BCUT2D eigenvalue weighted by molar-refractivity contribution is 5.86. The lowest BCUT2D eigenvalue weighted by molar-refractivity contribution is 0.612. The van der Waals surface area contributed by atoms with Crippen LogP contribution in [0.1, 0.15) is 60.7 Å². The van der Waals surface area contributed by atoms with Crippen molar-refractivity contribution in [2.75, 3.05) is 13.1 Å². The molecule has 2 fully saturated rings. The van der Waals surface area contributed by atoms with Gasteiger partial charge in [-0.3, -0.25) is 0 Å². The molecule has 41 heavy (non-hydrogen) atoms. The van der Waals surface area contributed by atoms with Crippen LogP contribution in [0.4, 0.5) is 4.39 Å². The number of hydrogen-bond donors (Lipinski definition) is 4. The number of halogens is 5. The van der Waals surface area contributed by atoms with Crippen LogP contribution < -0.4 is 10.6 Å². The largest absolute Gasteiger partial charge is 0.341 e. The summed E-state index contributed by atoms with van der Waals surface area (Å²) in [6.45, 7) is 1.99. The highest BCUT2D eigenvalue weighted by atomic mass is 35.5. The van der Waals surface area contributed by atoms with Crippen molar-refractivity contribution in [2.24, 2.45) is 0 Å². The van der Waals surface area contributed by atoms with E-state index in [9.17, 15) is 0 Å². The molecule has 4 aromatic rings. The standard InChI is InChI=1S/C30H27FN6.4ClH/c31-25-17-21(28-19-35-30(37-28)27-13-7-15-33-27)16-24(20-8-2-1-3-9-20)23(25)11-5-4-10-22-18-34-29(36-22)26-12-6-14-32-26;;;;/h1-3,8-9,16-19,26-27,32-33H,6-7,12-15H2,(H,34,36)(H,35,37);4*1H/t26-,27-;;;;/m0..../s1. The van der Waals surface area contributed by atoms with Crippen LogP contribution in [0.25, 0.3) is 22.4 Å². The van der Waals surface area contributed by atoms with E-state index in [1.165, 1.54) is 6.07 Å². The van der Waals surface area contributed by atoms with Gasteiger partial charge in [-0.2, -0.15) is 0 Å². The highest BCUT2D eigenvalue weighted by Crippen LogP contribution is 2.32. The number of nitrogens with zero attached hydrogens (tertiary/aromatic N) is 2. The zero-order valence-corrected chi connectivity index (χ0v) is 25.3. The minimum atomic E-state index is -0.392. The van der Waals surface area contributed by atoms with Gasteiger partial charge >= 0.3 is 0 Å². The van der Waals surface area contributed by atoms with Gasteiger partial charge in [0.05, 0.1) is 35.7 Å². The van der Waals surface area contributed by atoms with Crippen LogP contribution in [-0.4, -0.2) is 33.0 Å². The predicted octanol–water partition coefficient (Wildman–Crippen LogP) is 6.55. The normalized spacial score (nSPS) is 16.9. The summed E-state index contributed by atoms with van der Waals surface area (Å²) >= 11 is 0. The third-order valence-corrected chi connectivity index (χ3v) is 6.90. The number of imidazole rings is 2. The van der Waals surface area contributed by atoms with Crippen molar-refractivity contribution in [2.45, 2.75) is 37.8 Å². The molecule has 2 atom stereocenters. The fourth-order valence-corrected chi connectivity index (χ4v) is 5.00. The van der Waals surface area contributed by atoms with Gasteiger partial charge in [-0.05, 0) is 80.2 Å². The Balaban J connectivity index is 0.00000147. The summed E-state index contributed by atoms with van der Waals surface area (Å²) in [4.78, 5) is 15.6. The Kier molecular flexibility index (Phi) is 13.2. The zero-order valence-electron chi connectivity index (χ0n) is 22.0. The van der Waals surface area contributed by atoms with Crippen molar-refractivity contribution in [1.82, 2.24) is 30.6 Å². The molecule has 2 saturated heterocycles. The van der Waals surface area contributed by atoms with Gasteiger partial charge in [-0.15, -0.1) is 49.6 Å². The van der Waals surface area contributed by atoms with Crippen LogP contribution in [-0.2, 0) is 0 Å². The monoisotopic (exact) mass is 634 g/mol. The van der Waals surface area contributed by atoms with E-state index in [1.54, 1.807) is 12.4 Å². The molecule has 0 radical (unpaired) electrons. The lowest BCUT2D eigenvalue weighted by atomic mass is 9.96. The Morgan fingerprint density at radius 2 is 1.37 bits per heavy atom. The van der Waals surface area contributed by atoms with Crippen molar-refractivity contribution in [3.63, 3.8) is 0 Å². The number of rotatable bonds is 4. The highest BCUT2D eigenvalue weighted by Gasteiger charge is 2.21. The second-order valence-electron chi connectivity index (χ2n) is 9.41. The fraction of sp³-hybridized carbons (Fsp3) is 0.267. The molecule has 0 spiro atoms. The second-order valence-corrected chi connectivity index (χ2v) is 9.41. The molecule has 0 amide bonds. The van der Waals surface area contributed by atoms with E-state index < -0.39 is 5.82 Å². The molecule has 0 bridgehead atoms. The average molecular weight is 636 g/mol. The van der Waals surface area contributed by atoms with Gasteiger partial charge in [0.2, 0.25) is 0 Å². The van der Waals surface area contributed by atoms with Crippen LogP contribution in [0.5, 0.6) is 0 Å². The molecule has 2 aromatic carbocycles. The summed E-state index contributed by atoms with van der Waals surface area (Å²) in [6, 6.07) is 13.7. The van der Waals surface area contributed by atoms with E-state index in [-0.39, 0.29) is 61.7 Å². The van der Waals surface area contributed by atoms with Gasteiger partial charge in [0, 0.05) is 11.1 Å². The van der Waals surface area contributed by atoms with E-state index in [2.05, 4.69) is 54.3 Å². The number of hydrogen-bond acceptors (Lipinski definition) is 4. The van der Waals surface area contributed by atoms with Crippen molar-refractivity contribution in [1.29, 1.82) is 0 Å². The second kappa shape index (κ2) is 15.8. The van der Waals surface area contributed by atoms with E-state index in [4.69, 9.17) is 0 Å². The molecule has 4 heterocycles. The molecule has 2 aromatic heterocycles. The molecular formula is C30H31Cl4FN6. The number of nitrogens with one attached hydrogen (secondary N) is 4. The average Bonchev–Trinajstić information content (AvgIpc) is 3.74. The smallest absolute Gasteiger partial charge is 0.140 e. The Morgan fingerprint density at radius 3 is 2.02 bits per heavy atom. The third kappa shape index (κ3) is 7.84. The van der Waals surface area contributed by atoms with Crippen LogP contribution in [0, 0.1) is 29.5 Å². The van der Waals surface area contributed by atoms with Crippen molar-refractivity contribution < 1.29 is 4.39 Å². The molecule has 0 saturated carbocycles. The van der Waals surface area contributed by atoms with E-state index >= 15 is 4.39 Å². The minimum absolute atomic E-state index is 0. The molecule has 0 unspecified atom stereocenters. The molecule has 2 aliphatic rings. The van der Waals surface area contributed by atoms with Crippen molar-refractivity contribution in [3.8, 4) is 46.1 Å². The van der Waals surface area contributed by atoms with E-state index in [1.807, 2.05) is 36.4 Å². The number of aromatic nitrogens is 4. The van der Waals surface area contributed by atoms with E-state index in [0.29, 0.717) is 11.3 Å². The SMILES string of the molecule is Cl.Cl.Cl.Cl.Fc1cc(-c2cnc([C@@H]3CCCN3)[nH]2)cc(-c2ccccc2)c1C#CC#Cc1cnc([C@@H]2CCCN2)[nH]1. The molecule has 6 rings (SSSR count). The van der Waals surface area contributed by atoms with Gasteiger partial charge in [0.15, 0.2) is 0 Å². The molecular weight excluding hydrogens is 605 g/mol.